The fourth-order valence-electron chi connectivity index (χ4n) is 2.56. The fraction of sp³-hybridized carbons (Fsp3) is 0.211. The number of hydrogen-bond donors (Lipinski definition) is 1. The lowest BCUT2D eigenvalue weighted by molar-refractivity contribution is 0.0601. The van der Waals surface area contributed by atoms with Crippen LogP contribution in [0.1, 0.15) is 25.7 Å². The number of anilines is 1. The van der Waals surface area contributed by atoms with E-state index >= 15 is 0 Å². The number of nitrogens with zero attached hydrogens (tertiary/aromatic N) is 1. The lowest BCUT2D eigenvalue weighted by Crippen LogP contribution is -2.15. The number of carbonyl (C=O) groups excluding carboxylic acids is 2. The topological polar surface area (TPSA) is 86.8 Å². The van der Waals surface area contributed by atoms with Crippen molar-refractivity contribution >= 4 is 40.2 Å². The van der Waals surface area contributed by atoms with Crippen molar-refractivity contribution < 1.29 is 23.8 Å². The minimum atomic E-state index is -0.601. The third-order valence-electron chi connectivity index (χ3n) is 3.95. The van der Waals surface area contributed by atoms with Gasteiger partial charge in [-0.1, -0.05) is 0 Å². The number of nitrogens with one attached hydrogen (secondary N) is 1. The molecule has 0 aliphatic rings. The van der Waals surface area contributed by atoms with E-state index in [4.69, 9.17) is 14.2 Å². The summed E-state index contributed by atoms with van der Waals surface area (Å²) in [6, 6.07) is 4.95. The Balaban J connectivity index is 1.96. The molecular weight excluding hydrogens is 400 g/mol. The van der Waals surface area contributed by atoms with Gasteiger partial charge in [0.05, 0.1) is 38.3 Å². The maximum Gasteiger partial charge on any atom is 0.340 e. The third kappa shape index (κ3) is 3.85. The molecule has 0 atom stereocenters. The molecular formula is C19H18N2O5S2. The molecule has 3 rings (SSSR count). The number of benzene rings is 1. The van der Waals surface area contributed by atoms with E-state index in [0.29, 0.717) is 22.1 Å². The van der Waals surface area contributed by atoms with Crippen LogP contribution in [-0.4, -0.2) is 38.2 Å². The molecule has 0 fully saturated rings. The van der Waals surface area contributed by atoms with Gasteiger partial charge in [-0.25, -0.2) is 9.78 Å². The number of methoxy groups -OCH3 is 3. The first-order valence-corrected chi connectivity index (χ1v) is 9.90. The summed E-state index contributed by atoms with van der Waals surface area (Å²) in [5.41, 5.74) is 2.01. The van der Waals surface area contributed by atoms with E-state index in [0.717, 1.165) is 10.6 Å². The van der Waals surface area contributed by atoms with Crippen molar-refractivity contribution in [2.75, 3.05) is 26.6 Å². The fourth-order valence-corrected chi connectivity index (χ4v) is 4.23. The van der Waals surface area contributed by atoms with E-state index in [9.17, 15) is 9.59 Å². The lowest BCUT2D eigenvalue weighted by atomic mass is 10.1. The number of aromatic nitrogens is 1. The van der Waals surface area contributed by atoms with Gasteiger partial charge in [-0.3, -0.25) is 4.79 Å². The predicted molar refractivity (Wildman–Crippen MR) is 109 cm³/mol. The average Bonchev–Trinajstić information content (AvgIpc) is 3.36. The Kier molecular flexibility index (Phi) is 5.96. The first-order chi connectivity index (χ1) is 13.5. The van der Waals surface area contributed by atoms with Crippen molar-refractivity contribution in [3.05, 3.63) is 45.1 Å². The van der Waals surface area contributed by atoms with E-state index in [-0.39, 0.29) is 17.2 Å². The number of thiazole rings is 1. The number of rotatable bonds is 6. The van der Waals surface area contributed by atoms with Crippen LogP contribution in [0.3, 0.4) is 0 Å². The van der Waals surface area contributed by atoms with Gasteiger partial charge in [-0.15, -0.1) is 11.3 Å². The molecule has 0 spiro atoms. The summed E-state index contributed by atoms with van der Waals surface area (Å²) in [5.74, 6) is -0.231. The van der Waals surface area contributed by atoms with Crippen LogP contribution in [-0.2, 0) is 4.74 Å². The van der Waals surface area contributed by atoms with Gasteiger partial charge in [0.15, 0.2) is 11.5 Å². The molecule has 0 aliphatic carbocycles. The van der Waals surface area contributed by atoms with Gasteiger partial charge in [0.1, 0.15) is 9.88 Å². The maximum atomic E-state index is 12.9. The molecule has 0 aliphatic heterocycles. The van der Waals surface area contributed by atoms with E-state index in [2.05, 4.69) is 10.3 Å². The smallest absolute Gasteiger partial charge is 0.340 e. The molecule has 0 saturated heterocycles. The number of hydrogen-bond acceptors (Lipinski definition) is 8. The number of aryl methyl sites for hydroxylation is 1. The highest BCUT2D eigenvalue weighted by molar-refractivity contribution is 7.17. The molecule has 7 nitrogen and oxygen atoms in total. The van der Waals surface area contributed by atoms with Crippen molar-refractivity contribution in [3.8, 4) is 22.1 Å². The van der Waals surface area contributed by atoms with Crippen LogP contribution in [0, 0.1) is 6.92 Å². The molecule has 0 radical (unpaired) electrons. The number of thiophene rings is 1. The quantitative estimate of drug-likeness (QED) is 0.603. The zero-order valence-electron chi connectivity index (χ0n) is 15.7. The standard InChI is InChI=1S/C19H18N2O5S2/c1-10-16(28-18(20-10)11-5-6-27-9-11)17(22)21-13-8-15(25-3)14(24-2)7-12(13)19(23)26-4/h5-9H,1-4H3,(H,21,22). The average molecular weight is 418 g/mol. The van der Waals surface area contributed by atoms with Gasteiger partial charge in [0.2, 0.25) is 0 Å². The number of ether oxygens (including phenoxy) is 3. The van der Waals surface area contributed by atoms with Crippen molar-refractivity contribution in [2.24, 2.45) is 0 Å². The first kappa shape index (κ1) is 19.8. The Morgan fingerprint density at radius 2 is 1.82 bits per heavy atom. The third-order valence-corrected chi connectivity index (χ3v) is 5.84. The minimum Gasteiger partial charge on any atom is -0.493 e. The molecule has 1 amide bonds. The monoisotopic (exact) mass is 418 g/mol. The molecule has 3 aromatic rings. The summed E-state index contributed by atoms with van der Waals surface area (Å²) in [5, 5.41) is 7.47. The molecule has 1 N–H and O–H groups in total. The Bertz CT molecular complexity index is 1010. The van der Waals surface area contributed by atoms with Crippen LogP contribution in [0.4, 0.5) is 5.69 Å². The van der Waals surface area contributed by atoms with Crippen LogP contribution in [0.5, 0.6) is 11.5 Å². The Morgan fingerprint density at radius 1 is 1.11 bits per heavy atom. The zero-order chi connectivity index (χ0) is 20.3. The molecule has 1 aromatic carbocycles. The van der Waals surface area contributed by atoms with Crippen molar-refractivity contribution in [2.45, 2.75) is 6.92 Å². The van der Waals surface area contributed by atoms with Crippen LogP contribution >= 0.6 is 22.7 Å². The second kappa shape index (κ2) is 8.41. The second-order valence-electron chi connectivity index (χ2n) is 5.64. The summed E-state index contributed by atoms with van der Waals surface area (Å²) in [4.78, 5) is 30.0. The summed E-state index contributed by atoms with van der Waals surface area (Å²) in [6.45, 7) is 1.77. The highest BCUT2D eigenvalue weighted by Crippen LogP contribution is 2.35. The van der Waals surface area contributed by atoms with Crippen LogP contribution in [0.15, 0.2) is 29.0 Å². The number of esters is 1. The Hall–Kier alpha value is -2.91. The molecule has 28 heavy (non-hydrogen) atoms. The summed E-state index contributed by atoms with van der Waals surface area (Å²) < 4.78 is 15.3. The summed E-state index contributed by atoms with van der Waals surface area (Å²) in [7, 11) is 4.21. The molecule has 0 saturated carbocycles. The highest BCUT2D eigenvalue weighted by Gasteiger charge is 2.22. The predicted octanol–water partition coefficient (Wildman–Crippen LogP) is 4.24. The van der Waals surface area contributed by atoms with Crippen molar-refractivity contribution in [1.82, 2.24) is 4.98 Å². The number of carbonyl (C=O) groups is 2. The van der Waals surface area contributed by atoms with Crippen LogP contribution < -0.4 is 14.8 Å². The largest absolute Gasteiger partial charge is 0.493 e. The molecule has 0 bridgehead atoms. The van der Waals surface area contributed by atoms with Crippen LogP contribution in [0.2, 0.25) is 0 Å². The molecule has 0 unspecified atom stereocenters. The van der Waals surface area contributed by atoms with Gasteiger partial charge in [-0.05, 0) is 18.4 Å². The maximum absolute atomic E-state index is 12.9. The first-order valence-electron chi connectivity index (χ1n) is 8.14. The van der Waals surface area contributed by atoms with Gasteiger partial charge in [0, 0.05) is 23.1 Å². The normalized spacial score (nSPS) is 10.4. The minimum absolute atomic E-state index is 0.161. The molecule has 2 heterocycles. The van der Waals surface area contributed by atoms with E-state index < -0.39 is 5.97 Å². The van der Waals surface area contributed by atoms with Gasteiger partial charge in [-0.2, -0.15) is 11.3 Å². The lowest BCUT2D eigenvalue weighted by Gasteiger charge is -2.14. The van der Waals surface area contributed by atoms with E-state index in [1.54, 1.807) is 18.3 Å². The van der Waals surface area contributed by atoms with E-state index in [1.807, 2.05) is 16.8 Å². The van der Waals surface area contributed by atoms with E-state index in [1.165, 1.54) is 44.8 Å². The van der Waals surface area contributed by atoms with Gasteiger partial charge >= 0.3 is 5.97 Å². The van der Waals surface area contributed by atoms with Crippen LogP contribution in [0.25, 0.3) is 10.6 Å². The van der Waals surface area contributed by atoms with Crippen molar-refractivity contribution in [3.63, 3.8) is 0 Å². The Labute approximate surface area is 169 Å². The summed E-state index contributed by atoms with van der Waals surface area (Å²) in [6.07, 6.45) is 0. The number of amides is 1. The van der Waals surface area contributed by atoms with Gasteiger partial charge in [0.25, 0.3) is 5.91 Å². The second-order valence-corrected chi connectivity index (χ2v) is 7.42. The zero-order valence-corrected chi connectivity index (χ0v) is 17.3. The van der Waals surface area contributed by atoms with Crippen molar-refractivity contribution in [1.29, 1.82) is 0 Å². The SMILES string of the molecule is COC(=O)c1cc(OC)c(OC)cc1NC(=O)c1sc(-c2ccsc2)nc1C. The molecule has 9 heteroatoms. The Morgan fingerprint density at radius 3 is 2.43 bits per heavy atom. The molecule has 2 aromatic heterocycles. The summed E-state index contributed by atoms with van der Waals surface area (Å²) >= 11 is 2.86. The van der Waals surface area contributed by atoms with Gasteiger partial charge < -0.3 is 19.5 Å². The highest BCUT2D eigenvalue weighted by atomic mass is 32.1. The molecule has 146 valence electrons.